The molecule has 2 aromatic carbocycles. The van der Waals surface area contributed by atoms with Crippen molar-refractivity contribution in [2.75, 3.05) is 5.32 Å². The lowest BCUT2D eigenvalue weighted by molar-refractivity contribution is 1.14. The van der Waals surface area contributed by atoms with Crippen LogP contribution in [0.25, 0.3) is 11.3 Å². The van der Waals surface area contributed by atoms with Crippen LogP contribution in [0.1, 0.15) is 23.6 Å². The molecule has 22 heavy (non-hydrogen) atoms. The number of nitrogens with one attached hydrogen (secondary N) is 1. The summed E-state index contributed by atoms with van der Waals surface area (Å²) in [4.78, 5) is 4.70. The van der Waals surface area contributed by atoms with E-state index in [1.165, 1.54) is 22.3 Å². The monoisotopic (exact) mass is 308 g/mol. The number of hydrogen-bond acceptors (Lipinski definition) is 3. The van der Waals surface area contributed by atoms with E-state index in [9.17, 15) is 0 Å². The number of thiazole rings is 1. The van der Waals surface area contributed by atoms with Crippen LogP contribution in [-0.2, 0) is 6.42 Å². The number of hydrogen-bond donors (Lipinski definition) is 1. The zero-order valence-corrected chi connectivity index (χ0v) is 14.0. The third kappa shape index (κ3) is 3.37. The maximum absolute atomic E-state index is 4.70. The van der Waals surface area contributed by atoms with Gasteiger partial charge in [-0.15, -0.1) is 11.3 Å². The van der Waals surface area contributed by atoms with E-state index in [1.807, 2.05) is 0 Å². The Morgan fingerprint density at radius 2 is 1.68 bits per heavy atom. The first-order valence-electron chi connectivity index (χ1n) is 7.54. The van der Waals surface area contributed by atoms with Crippen molar-refractivity contribution >= 4 is 22.2 Å². The van der Waals surface area contributed by atoms with Gasteiger partial charge in [-0.3, -0.25) is 0 Å². The minimum absolute atomic E-state index is 0.930. The summed E-state index contributed by atoms with van der Waals surface area (Å²) in [5, 5.41) is 6.44. The molecule has 1 heterocycles. The summed E-state index contributed by atoms with van der Waals surface area (Å²) in [6, 6.07) is 15.1. The Bertz CT molecular complexity index is 752. The van der Waals surface area contributed by atoms with Crippen molar-refractivity contribution in [3.05, 3.63) is 64.5 Å². The van der Waals surface area contributed by atoms with Crippen LogP contribution in [0.5, 0.6) is 0 Å². The first-order chi connectivity index (χ1) is 10.6. The van der Waals surface area contributed by atoms with E-state index in [4.69, 9.17) is 4.98 Å². The number of aryl methyl sites for hydroxylation is 3. The number of benzene rings is 2. The standard InChI is InChI=1S/C19H20N2S/c1-4-15-5-7-16(8-6-15)18-12-22-19(21-18)20-17-10-13(2)9-14(3)11-17/h5-12H,4H2,1-3H3,(H,20,21). The van der Waals surface area contributed by atoms with E-state index < -0.39 is 0 Å². The van der Waals surface area contributed by atoms with Crippen LogP contribution in [0.2, 0.25) is 0 Å². The van der Waals surface area contributed by atoms with Gasteiger partial charge in [0, 0.05) is 16.6 Å². The Balaban J connectivity index is 1.80. The maximum atomic E-state index is 4.70. The molecule has 0 atom stereocenters. The van der Waals surface area contributed by atoms with Gasteiger partial charge in [-0.25, -0.2) is 4.98 Å². The third-order valence-corrected chi connectivity index (χ3v) is 4.39. The summed E-state index contributed by atoms with van der Waals surface area (Å²) in [6.07, 6.45) is 1.07. The van der Waals surface area contributed by atoms with E-state index in [0.717, 1.165) is 22.9 Å². The molecule has 2 nitrogen and oxygen atoms in total. The molecule has 0 fully saturated rings. The van der Waals surface area contributed by atoms with Gasteiger partial charge in [0.1, 0.15) is 0 Å². The Labute approximate surface area is 135 Å². The van der Waals surface area contributed by atoms with Gasteiger partial charge < -0.3 is 5.32 Å². The molecule has 3 heteroatoms. The number of anilines is 2. The lowest BCUT2D eigenvalue weighted by Crippen LogP contribution is -1.91. The molecule has 1 N–H and O–H groups in total. The van der Waals surface area contributed by atoms with E-state index in [2.05, 4.69) is 73.9 Å². The number of nitrogens with zero attached hydrogens (tertiary/aromatic N) is 1. The molecular weight excluding hydrogens is 288 g/mol. The zero-order valence-electron chi connectivity index (χ0n) is 13.2. The van der Waals surface area contributed by atoms with Crippen molar-refractivity contribution in [1.29, 1.82) is 0 Å². The fourth-order valence-electron chi connectivity index (χ4n) is 2.55. The minimum Gasteiger partial charge on any atom is -0.332 e. The fraction of sp³-hybridized carbons (Fsp3) is 0.211. The summed E-state index contributed by atoms with van der Waals surface area (Å²) in [7, 11) is 0. The quantitative estimate of drug-likeness (QED) is 0.665. The van der Waals surface area contributed by atoms with E-state index in [0.29, 0.717) is 0 Å². The first kappa shape index (κ1) is 14.8. The van der Waals surface area contributed by atoms with Crippen molar-refractivity contribution in [2.24, 2.45) is 0 Å². The molecule has 0 aliphatic carbocycles. The van der Waals surface area contributed by atoms with Crippen LogP contribution in [0.3, 0.4) is 0 Å². The summed E-state index contributed by atoms with van der Waals surface area (Å²) < 4.78 is 0. The number of aromatic nitrogens is 1. The smallest absolute Gasteiger partial charge is 0.187 e. The second-order valence-electron chi connectivity index (χ2n) is 5.59. The first-order valence-corrected chi connectivity index (χ1v) is 8.42. The Kier molecular flexibility index (Phi) is 4.25. The molecule has 0 spiro atoms. The highest BCUT2D eigenvalue weighted by molar-refractivity contribution is 7.14. The molecule has 0 unspecified atom stereocenters. The third-order valence-electron chi connectivity index (χ3n) is 3.64. The topological polar surface area (TPSA) is 24.9 Å². The van der Waals surface area contributed by atoms with Crippen LogP contribution < -0.4 is 5.32 Å². The lowest BCUT2D eigenvalue weighted by Gasteiger charge is -2.05. The average molecular weight is 308 g/mol. The van der Waals surface area contributed by atoms with Gasteiger partial charge in [-0.1, -0.05) is 37.3 Å². The summed E-state index contributed by atoms with van der Waals surface area (Å²) in [5.41, 5.74) is 7.16. The fourth-order valence-corrected chi connectivity index (χ4v) is 3.29. The molecule has 0 bridgehead atoms. The normalized spacial score (nSPS) is 10.7. The van der Waals surface area contributed by atoms with Gasteiger partial charge in [0.2, 0.25) is 0 Å². The maximum Gasteiger partial charge on any atom is 0.187 e. The summed E-state index contributed by atoms with van der Waals surface area (Å²) >= 11 is 1.64. The minimum atomic E-state index is 0.930. The van der Waals surface area contributed by atoms with Crippen molar-refractivity contribution in [2.45, 2.75) is 27.2 Å². The molecule has 0 saturated carbocycles. The second-order valence-corrected chi connectivity index (χ2v) is 6.45. The van der Waals surface area contributed by atoms with Crippen molar-refractivity contribution in [3.8, 4) is 11.3 Å². The van der Waals surface area contributed by atoms with Crippen LogP contribution >= 0.6 is 11.3 Å². The van der Waals surface area contributed by atoms with E-state index in [1.54, 1.807) is 11.3 Å². The summed E-state index contributed by atoms with van der Waals surface area (Å²) in [5.74, 6) is 0. The van der Waals surface area contributed by atoms with E-state index >= 15 is 0 Å². The van der Waals surface area contributed by atoms with Crippen molar-refractivity contribution in [1.82, 2.24) is 4.98 Å². The SMILES string of the molecule is CCc1ccc(-c2csc(Nc3cc(C)cc(C)c3)n2)cc1. The molecule has 112 valence electrons. The van der Waals surface area contributed by atoms with Crippen molar-refractivity contribution < 1.29 is 0 Å². The largest absolute Gasteiger partial charge is 0.332 e. The predicted octanol–water partition coefficient (Wildman–Crippen LogP) is 5.73. The van der Waals surface area contributed by atoms with Gasteiger partial charge in [0.15, 0.2) is 5.13 Å². The molecule has 0 aliphatic heterocycles. The molecule has 3 aromatic rings. The van der Waals surface area contributed by atoms with Crippen LogP contribution in [0, 0.1) is 13.8 Å². The molecule has 1 aromatic heterocycles. The molecule has 0 radical (unpaired) electrons. The lowest BCUT2D eigenvalue weighted by atomic mass is 10.1. The van der Waals surface area contributed by atoms with Crippen LogP contribution in [0.15, 0.2) is 47.8 Å². The predicted molar refractivity (Wildman–Crippen MR) is 96.1 cm³/mol. The Morgan fingerprint density at radius 1 is 1.00 bits per heavy atom. The molecular formula is C19H20N2S. The molecule has 3 rings (SSSR count). The Morgan fingerprint density at radius 3 is 2.32 bits per heavy atom. The second kappa shape index (κ2) is 6.32. The molecule has 0 amide bonds. The van der Waals surface area contributed by atoms with Crippen LogP contribution in [0.4, 0.5) is 10.8 Å². The Hall–Kier alpha value is -2.13. The molecule has 0 aliphatic rings. The highest BCUT2D eigenvalue weighted by atomic mass is 32.1. The van der Waals surface area contributed by atoms with Gasteiger partial charge in [-0.05, 0) is 49.1 Å². The van der Waals surface area contributed by atoms with Gasteiger partial charge in [0.25, 0.3) is 0 Å². The van der Waals surface area contributed by atoms with Gasteiger partial charge >= 0.3 is 0 Å². The molecule has 0 saturated heterocycles. The zero-order chi connectivity index (χ0) is 15.5. The highest BCUT2D eigenvalue weighted by Crippen LogP contribution is 2.28. The van der Waals surface area contributed by atoms with E-state index in [-0.39, 0.29) is 0 Å². The highest BCUT2D eigenvalue weighted by Gasteiger charge is 2.05. The van der Waals surface area contributed by atoms with Gasteiger partial charge in [-0.2, -0.15) is 0 Å². The van der Waals surface area contributed by atoms with Crippen molar-refractivity contribution in [3.63, 3.8) is 0 Å². The van der Waals surface area contributed by atoms with Crippen LogP contribution in [-0.4, -0.2) is 4.98 Å². The van der Waals surface area contributed by atoms with Gasteiger partial charge in [0.05, 0.1) is 5.69 Å². The summed E-state index contributed by atoms with van der Waals surface area (Å²) in [6.45, 7) is 6.39. The number of rotatable bonds is 4. The average Bonchev–Trinajstić information content (AvgIpc) is 2.95.